The molecule has 1 saturated carbocycles. The number of aliphatic hydroxyl groups is 1. The Morgan fingerprint density at radius 2 is 2.31 bits per heavy atom. The van der Waals surface area contributed by atoms with Gasteiger partial charge in [-0.1, -0.05) is 13.8 Å². The molecule has 2 N–H and O–H groups in total. The largest absolute Gasteiger partial charge is 0.389 e. The van der Waals surface area contributed by atoms with E-state index in [9.17, 15) is 5.11 Å². The van der Waals surface area contributed by atoms with Crippen LogP contribution >= 0.6 is 11.3 Å². The van der Waals surface area contributed by atoms with Crippen LogP contribution in [-0.4, -0.2) is 22.2 Å². The van der Waals surface area contributed by atoms with E-state index in [0.29, 0.717) is 12.5 Å². The fourth-order valence-corrected chi connectivity index (χ4v) is 2.74. The Kier molecular flexibility index (Phi) is 3.62. The molecule has 1 fully saturated rings. The van der Waals surface area contributed by atoms with Gasteiger partial charge in [-0.2, -0.15) is 0 Å². The van der Waals surface area contributed by atoms with Gasteiger partial charge in [-0.3, -0.25) is 0 Å². The molecule has 90 valence electrons. The number of rotatable bonds is 5. The van der Waals surface area contributed by atoms with Crippen molar-refractivity contribution in [3.8, 4) is 0 Å². The Morgan fingerprint density at radius 3 is 2.81 bits per heavy atom. The van der Waals surface area contributed by atoms with Crippen molar-refractivity contribution in [2.45, 2.75) is 51.2 Å². The first-order valence-corrected chi connectivity index (χ1v) is 6.78. The monoisotopic (exact) mass is 240 g/mol. The van der Waals surface area contributed by atoms with Gasteiger partial charge in [-0.15, -0.1) is 11.3 Å². The van der Waals surface area contributed by atoms with E-state index in [4.69, 9.17) is 0 Å². The van der Waals surface area contributed by atoms with Gasteiger partial charge in [-0.25, -0.2) is 4.98 Å². The van der Waals surface area contributed by atoms with Crippen molar-refractivity contribution >= 4 is 11.3 Å². The standard InChI is InChI=1S/C12H20N2OS/c1-9(2)11-14-7-10(16-11)6-13-8-12(15)4-3-5-12/h7,9,13,15H,3-6,8H2,1-2H3. The topological polar surface area (TPSA) is 45.2 Å². The summed E-state index contributed by atoms with van der Waals surface area (Å²) in [5.74, 6) is 0.509. The van der Waals surface area contributed by atoms with E-state index in [1.807, 2.05) is 6.20 Å². The Balaban J connectivity index is 1.76. The van der Waals surface area contributed by atoms with Gasteiger partial charge in [0, 0.05) is 30.1 Å². The maximum Gasteiger partial charge on any atom is 0.0953 e. The number of hydrogen-bond acceptors (Lipinski definition) is 4. The third kappa shape index (κ3) is 2.81. The number of nitrogens with one attached hydrogen (secondary N) is 1. The summed E-state index contributed by atoms with van der Waals surface area (Å²) in [7, 11) is 0. The molecule has 0 radical (unpaired) electrons. The third-order valence-corrected chi connectivity index (χ3v) is 4.40. The highest BCUT2D eigenvalue weighted by Crippen LogP contribution is 2.30. The van der Waals surface area contributed by atoms with Gasteiger partial charge in [0.05, 0.1) is 10.6 Å². The quantitative estimate of drug-likeness (QED) is 0.830. The van der Waals surface area contributed by atoms with E-state index < -0.39 is 5.60 Å². The summed E-state index contributed by atoms with van der Waals surface area (Å²) in [5, 5.41) is 14.4. The van der Waals surface area contributed by atoms with Crippen molar-refractivity contribution in [2.75, 3.05) is 6.54 Å². The lowest BCUT2D eigenvalue weighted by Gasteiger charge is -2.36. The van der Waals surface area contributed by atoms with Crippen molar-refractivity contribution in [1.29, 1.82) is 0 Å². The minimum atomic E-state index is -0.425. The van der Waals surface area contributed by atoms with Crippen molar-refractivity contribution < 1.29 is 5.11 Å². The highest BCUT2D eigenvalue weighted by atomic mass is 32.1. The van der Waals surface area contributed by atoms with Gasteiger partial charge in [0.1, 0.15) is 0 Å². The summed E-state index contributed by atoms with van der Waals surface area (Å²) in [5.41, 5.74) is -0.425. The second kappa shape index (κ2) is 4.82. The van der Waals surface area contributed by atoms with Crippen LogP contribution in [0.3, 0.4) is 0 Å². The summed E-state index contributed by atoms with van der Waals surface area (Å²) >= 11 is 1.76. The molecule has 2 rings (SSSR count). The van der Waals surface area contributed by atoms with E-state index in [-0.39, 0.29) is 0 Å². The van der Waals surface area contributed by atoms with E-state index in [2.05, 4.69) is 24.1 Å². The summed E-state index contributed by atoms with van der Waals surface area (Å²) in [6, 6.07) is 0. The third-order valence-electron chi connectivity index (χ3n) is 3.10. The molecule has 0 unspecified atom stereocenters. The molecule has 1 aromatic heterocycles. The number of hydrogen-bond donors (Lipinski definition) is 2. The zero-order chi connectivity index (χ0) is 11.6. The van der Waals surface area contributed by atoms with Crippen LogP contribution in [0.5, 0.6) is 0 Å². The van der Waals surface area contributed by atoms with Gasteiger partial charge >= 0.3 is 0 Å². The van der Waals surface area contributed by atoms with Crippen LogP contribution in [0.1, 0.15) is 48.9 Å². The molecule has 0 amide bonds. The maximum absolute atomic E-state index is 9.91. The first kappa shape index (κ1) is 12.0. The zero-order valence-electron chi connectivity index (χ0n) is 9.99. The minimum Gasteiger partial charge on any atom is -0.389 e. The number of nitrogens with zero attached hydrogens (tertiary/aromatic N) is 1. The van der Waals surface area contributed by atoms with Crippen LogP contribution in [0.4, 0.5) is 0 Å². The van der Waals surface area contributed by atoms with E-state index in [0.717, 1.165) is 25.8 Å². The lowest BCUT2D eigenvalue weighted by molar-refractivity contribution is -0.0314. The fraction of sp³-hybridized carbons (Fsp3) is 0.750. The summed E-state index contributed by atoms with van der Waals surface area (Å²) in [6.45, 7) is 5.86. The molecule has 3 nitrogen and oxygen atoms in total. The van der Waals surface area contributed by atoms with E-state index in [1.54, 1.807) is 11.3 Å². The first-order valence-electron chi connectivity index (χ1n) is 5.97. The first-order chi connectivity index (χ1) is 7.59. The molecule has 16 heavy (non-hydrogen) atoms. The van der Waals surface area contributed by atoms with E-state index >= 15 is 0 Å². The minimum absolute atomic E-state index is 0.425. The van der Waals surface area contributed by atoms with Gasteiger partial charge in [-0.05, 0) is 19.3 Å². The molecule has 0 aromatic carbocycles. The van der Waals surface area contributed by atoms with Crippen molar-refractivity contribution in [2.24, 2.45) is 0 Å². The molecule has 1 aromatic rings. The summed E-state index contributed by atoms with van der Waals surface area (Å²) in [4.78, 5) is 5.64. The Hall–Kier alpha value is -0.450. The molecule has 0 spiro atoms. The second-order valence-corrected chi connectivity index (χ2v) is 6.15. The zero-order valence-corrected chi connectivity index (χ0v) is 10.8. The predicted molar refractivity (Wildman–Crippen MR) is 66.7 cm³/mol. The fourth-order valence-electron chi connectivity index (χ4n) is 1.85. The highest BCUT2D eigenvalue weighted by Gasteiger charge is 2.33. The van der Waals surface area contributed by atoms with Crippen LogP contribution < -0.4 is 5.32 Å². The van der Waals surface area contributed by atoms with Crippen molar-refractivity contribution in [3.63, 3.8) is 0 Å². The smallest absolute Gasteiger partial charge is 0.0953 e. The average molecular weight is 240 g/mol. The van der Waals surface area contributed by atoms with Gasteiger partial charge < -0.3 is 10.4 Å². The van der Waals surface area contributed by atoms with Crippen LogP contribution in [0.15, 0.2) is 6.20 Å². The van der Waals surface area contributed by atoms with Gasteiger partial charge in [0.2, 0.25) is 0 Å². The Morgan fingerprint density at radius 1 is 1.56 bits per heavy atom. The van der Waals surface area contributed by atoms with Crippen LogP contribution in [0, 0.1) is 0 Å². The number of aromatic nitrogens is 1. The molecule has 0 saturated heterocycles. The maximum atomic E-state index is 9.91. The van der Waals surface area contributed by atoms with Gasteiger partial charge in [0.25, 0.3) is 0 Å². The number of thiazole rings is 1. The predicted octanol–water partition coefficient (Wildman–Crippen LogP) is 2.27. The molecule has 0 atom stereocenters. The molecular formula is C12H20N2OS. The van der Waals surface area contributed by atoms with Crippen molar-refractivity contribution in [3.05, 3.63) is 16.1 Å². The molecule has 0 bridgehead atoms. The van der Waals surface area contributed by atoms with Crippen LogP contribution in [0.2, 0.25) is 0 Å². The second-order valence-electron chi connectivity index (χ2n) is 5.00. The summed E-state index contributed by atoms with van der Waals surface area (Å²) < 4.78 is 0. The lowest BCUT2D eigenvalue weighted by atomic mass is 9.80. The van der Waals surface area contributed by atoms with Crippen molar-refractivity contribution in [1.82, 2.24) is 10.3 Å². The van der Waals surface area contributed by atoms with E-state index in [1.165, 1.54) is 9.88 Å². The highest BCUT2D eigenvalue weighted by molar-refractivity contribution is 7.11. The Labute approximate surface area is 101 Å². The Bertz CT molecular complexity index is 345. The van der Waals surface area contributed by atoms with Crippen LogP contribution in [-0.2, 0) is 6.54 Å². The summed E-state index contributed by atoms with van der Waals surface area (Å²) in [6.07, 6.45) is 4.99. The molecule has 1 aliphatic rings. The van der Waals surface area contributed by atoms with Gasteiger partial charge in [0.15, 0.2) is 0 Å². The lowest BCUT2D eigenvalue weighted by Crippen LogP contribution is -2.45. The SMILES string of the molecule is CC(C)c1ncc(CNCC2(O)CCC2)s1. The van der Waals surface area contributed by atoms with Crippen LogP contribution in [0.25, 0.3) is 0 Å². The molecule has 1 aliphatic carbocycles. The molecule has 1 heterocycles. The normalized spacial score (nSPS) is 18.8. The average Bonchev–Trinajstić information content (AvgIpc) is 2.64. The molecule has 4 heteroatoms. The molecular weight excluding hydrogens is 220 g/mol. The molecule has 0 aliphatic heterocycles.